The summed E-state index contributed by atoms with van der Waals surface area (Å²) in [4.78, 5) is 14.8. The number of anilines is 1. The Balaban J connectivity index is 1.69. The quantitative estimate of drug-likeness (QED) is 0.465. The SMILES string of the molecule is O=C1c2cccc3cccc(c23)N1Cn1c(=S)sc2ccccc21. The highest BCUT2D eigenvalue weighted by atomic mass is 32.1. The van der Waals surface area contributed by atoms with Gasteiger partial charge < -0.3 is 4.57 Å². The third-order valence-electron chi connectivity index (χ3n) is 4.51. The molecule has 0 aliphatic carbocycles. The van der Waals surface area contributed by atoms with Crippen molar-refractivity contribution in [1.82, 2.24) is 4.57 Å². The van der Waals surface area contributed by atoms with Crippen LogP contribution in [0.2, 0.25) is 0 Å². The van der Waals surface area contributed by atoms with Gasteiger partial charge in [0.2, 0.25) is 0 Å². The highest BCUT2D eigenvalue weighted by molar-refractivity contribution is 7.73. The molecular formula is C19H12N2OS2. The first-order valence-electron chi connectivity index (χ1n) is 7.66. The molecule has 0 unspecified atom stereocenters. The molecule has 0 atom stereocenters. The van der Waals surface area contributed by atoms with Crippen LogP contribution in [0.5, 0.6) is 0 Å². The largest absolute Gasteiger partial charge is 0.304 e. The topological polar surface area (TPSA) is 25.2 Å². The zero-order chi connectivity index (χ0) is 16.3. The normalized spacial score (nSPS) is 13.3. The summed E-state index contributed by atoms with van der Waals surface area (Å²) in [6, 6.07) is 20.1. The number of rotatable bonds is 2. The van der Waals surface area contributed by atoms with Gasteiger partial charge in [0.1, 0.15) is 6.67 Å². The average Bonchev–Trinajstić information content (AvgIpc) is 3.07. The molecule has 0 spiro atoms. The van der Waals surface area contributed by atoms with E-state index < -0.39 is 0 Å². The molecular weight excluding hydrogens is 336 g/mol. The summed E-state index contributed by atoms with van der Waals surface area (Å²) in [5.74, 6) is 0.0407. The number of carbonyl (C=O) groups excluding carboxylic acids is 1. The molecule has 0 N–H and O–H groups in total. The van der Waals surface area contributed by atoms with Gasteiger partial charge in [-0.05, 0) is 41.9 Å². The minimum absolute atomic E-state index is 0.0407. The number of hydrogen-bond donors (Lipinski definition) is 0. The van der Waals surface area contributed by atoms with Crippen LogP contribution in [0.1, 0.15) is 10.4 Å². The summed E-state index contributed by atoms with van der Waals surface area (Å²) >= 11 is 7.12. The molecule has 1 aliphatic rings. The minimum Gasteiger partial charge on any atom is -0.304 e. The van der Waals surface area contributed by atoms with E-state index in [0.717, 1.165) is 36.2 Å². The summed E-state index contributed by atoms with van der Waals surface area (Å²) in [5, 5.41) is 2.13. The molecule has 116 valence electrons. The van der Waals surface area contributed by atoms with Crippen LogP contribution >= 0.6 is 23.6 Å². The van der Waals surface area contributed by atoms with Crippen molar-refractivity contribution < 1.29 is 4.79 Å². The maximum atomic E-state index is 12.9. The molecule has 3 aromatic carbocycles. The lowest BCUT2D eigenvalue weighted by molar-refractivity contribution is 0.0986. The smallest absolute Gasteiger partial charge is 0.260 e. The summed E-state index contributed by atoms with van der Waals surface area (Å²) in [7, 11) is 0. The van der Waals surface area contributed by atoms with Gasteiger partial charge in [-0.15, -0.1) is 11.3 Å². The van der Waals surface area contributed by atoms with Crippen LogP contribution in [0.25, 0.3) is 21.0 Å². The Hall–Kier alpha value is -2.50. The van der Waals surface area contributed by atoms with E-state index in [4.69, 9.17) is 12.2 Å². The second-order valence-corrected chi connectivity index (χ2v) is 7.49. The van der Waals surface area contributed by atoms with Crippen LogP contribution in [0.15, 0.2) is 60.7 Å². The van der Waals surface area contributed by atoms with E-state index in [0.29, 0.717) is 6.67 Å². The molecule has 0 saturated carbocycles. The Kier molecular flexibility index (Phi) is 2.89. The van der Waals surface area contributed by atoms with Gasteiger partial charge in [0.15, 0.2) is 3.95 Å². The van der Waals surface area contributed by atoms with Gasteiger partial charge >= 0.3 is 0 Å². The minimum atomic E-state index is 0.0407. The molecule has 0 bridgehead atoms. The maximum Gasteiger partial charge on any atom is 0.260 e. The Morgan fingerprint density at radius 1 is 0.958 bits per heavy atom. The number of hydrogen-bond acceptors (Lipinski definition) is 3. The van der Waals surface area contributed by atoms with Crippen LogP contribution in [0.4, 0.5) is 5.69 Å². The summed E-state index contributed by atoms with van der Waals surface area (Å²) in [5.41, 5.74) is 2.81. The second-order valence-electron chi connectivity index (χ2n) is 5.82. The van der Waals surface area contributed by atoms with Crippen molar-refractivity contribution in [2.75, 3.05) is 4.90 Å². The van der Waals surface area contributed by atoms with Crippen molar-refractivity contribution in [1.29, 1.82) is 0 Å². The molecule has 1 amide bonds. The first kappa shape index (κ1) is 13.9. The van der Waals surface area contributed by atoms with Crippen molar-refractivity contribution in [3.05, 3.63) is 70.2 Å². The van der Waals surface area contributed by atoms with Crippen LogP contribution in [0.3, 0.4) is 0 Å². The molecule has 0 saturated heterocycles. The third-order valence-corrected chi connectivity index (χ3v) is 5.94. The zero-order valence-corrected chi connectivity index (χ0v) is 14.2. The van der Waals surface area contributed by atoms with Crippen LogP contribution in [-0.4, -0.2) is 10.5 Å². The summed E-state index contributed by atoms with van der Waals surface area (Å²) < 4.78 is 3.97. The number of benzene rings is 3. The van der Waals surface area contributed by atoms with Crippen molar-refractivity contribution in [2.24, 2.45) is 0 Å². The van der Waals surface area contributed by atoms with E-state index in [1.807, 2.05) is 58.0 Å². The summed E-state index contributed by atoms with van der Waals surface area (Å²) in [6.07, 6.45) is 0. The predicted molar refractivity (Wildman–Crippen MR) is 101 cm³/mol. The second kappa shape index (κ2) is 5.00. The van der Waals surface area contributed by atoms with Crippen LogP contribution in [0, 0.1) is 3.95 Å². The van der Waals surface area contributed by atoms with Crippen molar-refractivity contribution in [2.45, 2.75) is 6.67 Å². The lowest BCUT2D eigenvalue weighted by atomic mass is 10.1. The Morgan fingerprint density at radius 2 is 1.75 bits per heavy atom. The van der Waals surface area contributed by atoms with Crippen LogP contribution in [-0.2, 0) is 6.67 Å². The van der Waals surface area contributed by atoms with E-state index in [-0.39, 0.29) is 5.91 Å². The van der Waals surface area contributed by atoms with E-state index >= 15 is 0 Å². The average molecular weight is 348 g/mol. The molecule has 4 aromatic rings. The first-order chi connectivity index (χ1) is 11.7. The molecule has 24 heavy (non-hydrogen) atoms. The van der Waals surface area contributed by atoms with Gasteiger partial charge in [-0.3, -0.25) is 9.69 Å². The number of thiazole rings is 1. The molecule has 0 fully saturated rings. The predicted octanol–water partition coefficient (Wildman–Crippen LogP) is 5.20. The lowest BCUT2D eigenvalue weighted by Crippen LogP contribution is -2.29. The van der Waals surface area contributed by atoms with Gasteiger partial charge in [0.25, 0.3) is 5.91 Å². The van der Waals surface area contributed by atoms with E-state index in [9.17, 15) is 4.79 Å². The van der Waals surface area contributed by atoms with E-state index in [2.05, 4.69) is 12.1 Å². The number of aromatic nitrogens is 1. The molecule has 3 nitrogen and oxygen atoms in total. The standard InChI is InChI=1S/C19H12N2OS2/c22-18-13-7-3-5-12-6-4-9-15(17(12)13)20(18)11-21-14-8-1-2-10-16(14)24-19(21)23/h1-10H,11H2. The Bertz CT molecular complexity index is 1180. The highest BCUT2D eigenvalue weighted by Crippen LogP contribution is 2.38. The van der Waals surface area contributed by atoms with Crippen molar-refractivity contribution in [3.63, 3.8) is 0 Å². The molecule has 1 aliphatic heterocycles. The zero-order valence-electron chi connectivity index (χ0n) is 12.6. The number of para-hydroxylation sites is 1. The number of nitrogens with zero attached hydrogens (tertiary/aromatic N) is 2. The lowest BCUT2D eigenvalue weighted by Gasteiger charge is -2.19. The fourth-order valence-electron chi connectivity index (χ4n) is 3.41. The van der Waals surface area contributed by atoms with E-state index in [1.165, 1.54) is 0 Å². The molecule has 5 heteroatoms. The molecule has 5 rings (SSSR count). The van der Waals surface area contributed by atoms with Crippen LogP contribution < -0.4 is 4.90 Å². The van der Waals surface area contributed by atoms with E-state index in [1.54, 1.807) is 11.3 Å². The fourth-order valence-corrected chi connectivity index (χ4v) is 4.72. The van der Waals surface area contributed by atoms with Crippen molar-refractivity contribution >= 4 is 56.1 Å². The summed E-state index contributed by atoms with van der Waals surface area (Å²) in [6.45, 7) is 0.440. The van der Waals surface area contributed by atoms with Crippen molar-refractivity contribution in [3.8, 4) is 0 Å². The Morgan fingerprint density at radius 3 is 2.62 bits per heavy atom. The molecule has 1 aromatic heterocycles. The fraction of sp³-hybridized carbons (Fsp3) is 0.0526. The van der Waals surface area contributed by atoms with Gasteiger partial charge in [-0.1, -0.05) is 36.4 Å². The highest BCUT2D eigenvalue weighted by Gasteiger charge is 2.30. The van der Waals surface area contributed by atoms with Gasteiger partial charge in [0, 0.05) is 10.9 Å². The number of amides is 1. The maximum absolute atomic E-state index is 12.9. The van der Waals surface area contributed by atoms with Gasteiger partial charge in [0.05, 0.1) is 15.9 Å². The Labute approximate surface area is 147 Å². The monoisotopic (exact) mass is 348 g/mol. The van der Waals surface area contributed by atoms with Gasteiger partial charge in [-0.2, -0.15) is 0 Å². The van der Waals surface area contributed by atoms with Gasteiger partial charge in [-0.25, -0.2) is 0 Å². The number of carbonyl (C=O) groups is 1. The first-order valence-corrected chi connectivity index (χ1v) is 8.88. The molecule has 0 radical (unpaired) electrons. The number of fused-ring (bicyclic) bond motifs is 1. The molecule has 2 heterocycles. The third kappa shape index (κ3) is 1.82.